The summed E-state index contributed by atoms with van der Waals surface area (Å²) in [6.45, 7) is 2.01. The van der Waals surface area contributed by atoms with Crippen molar-refractivity contribution in [2.75, 3.05) is 32.4 Å². The van der Waals surface area contributed by atoms with E-state index in [-0.39, 0.29) is 0 Å². The molecule has 4 fully saturated rings. The second-order valence-corrected chi connectivity index (χ2v) is 10.1. The number of amidine groups is 1. The number of nitrogen functional groups attached to an aromatic ring is 1. The highest BCUT2D eigenvalue weighted by molar-refractivity contribution is 5.92. The van der Waals surface area contributed by atoms with Gasteiger partial charge in [0.15, 0.2) is 11.5 Å². The van der Waals surface area contributed by atoms with Gasteiger partial charge in [-0.05, 0) is 80.4 Å². The van der Waals surface area contributed by atoms with Crippen LogP contribution in [0.2, 0.25) is 0 Å². The summed E-state index contributed by atoms with van der Waals surface area (Å²) in [6, 6.07) is 4.26. The van der Waals surface area contributed by atoms with E-state index in [1.54, 1.807) is 27.5 Å². The summed E-state index contributed by atoms with van der Waals surface area (Å²) in [4.78, 5) is 14.1. The molecular weight excluding hydrogens is 430 g/mol. The average molecular weight is 466 g/mol. The third kappa shape index (κ3) is 4.38. The van der Waals surface area contributed by atoms with Gasteiger partial charge in [-0.15, -0.1) is 0 Å². The SMILES string of the molecule is COc1cc(Cc2cnc(NC(C)=NC3C4CC5CC(C4)CC3C5)nc2N)cc(OC)c1OC. The molecule has 2 aromatic rings. The van der Waals surface area contributed by atoms with Crippen LogP contribution >= 0.6 is 0 Å². The van der Waals surface area contributed by atoms with Crippen LogP contribution in [0.15, 0.2) is 23.3 Å². The van der Waals surface area contributed by atoms with Gasteiger partial charge in [-0.25, -0.2) is 4.98 Å². The van der Waals surface area contributed by atoms with Crippen molar-refractivity contribution in [1.82, 2.24) is 9.97 Å². The minimum Gasteiger partial charge on any atom is -0.493 e. The molecule has 4 aliphatic carbocycles. The fourth-order valence-corrected chi connectivity index (χ4v) is 6.60. The standard InChI is InChI=1S/C26H35N5O3/c1-14(29-23-18-6-15-5-16(8-18)9-19(23)7-15)30-26-28-13-20(25(27)31-26)10-17-11-21(32-2)24(34-4)22(12-17)33-3/h11-13,15-16,18-19,23H,5-10H2,1-4H3,(H3,27,28,29,30,31). The normalized spacial score (nSPS) is 27.5. The zero-order valence-corrected chi connectivity index (χ0v) is 20.5. The Morgan fingerprint density at radius 1 is 1.00 bits per heavy atom. The number of anilines is 2. The average Bonchev–Trinajstić information content (AvgIpc) is 2.82. The molecule has 6 rings (SSSR count). The molecule has 0 saturated heterocycles. The van der Waals surface area contributed by atoms with Gasteiger partial charge in [0.05, 0.1) is 27.4 Å². The van der Waals surface area contributed by atoms with E-state index in [1.165, 1.54) is 32.1 Å². The Hall–Kier alpha value is -3.03. The van der Waals surface area contributed by atoms with E-state index in [1.807, 2.05) is 19.1 Å². The Morgan fingerprint density at radius 3 is 2.15 bits per heavy atom. The topological polar surface area (TPSA) is 104 Å². The number of nitrogens with two attached hydrogens (primary N) is 1. The predicted octanol–water partition coefficient (Wildman–Crippen LogP) is 4.33. The number of ether oxygens (including phenoxy) is 3. The third-order valence-electron chi connectivity index (χ3n) is 7.83. The first-order chi connectivity index (χ1) is 16.5. The van der Waals surface area contributed by atoms with Crippen molar-refractivity contribution >= 4 is 17.6 Å². The fraction of sp³-hybridized carbons (Fsp3) is 0.577. The highest BCUT2D eigenvalue weighted by atomic mass is 16.5. The van der Waals surface area contributed by atoms with Crippen LogP contribution in [0.25, 0.3) is 0 Å². The lowest BCUT2D eigenvalue weighted by Gasteiger charge is -2.53. The van der Waals surface area contributed by atoms with Crippen LogP contribution in [0.3, 0.4) is 0 Å². The Bertz CT molecular complexity index is 1030. The van der Waals surface area contributed by atoms with E-state index in [4.69, 9.17) is 24.9 Å². The van der Waals surface area contributed by atoms with Crippen molar-refractivity contribution in [1.29, 1.82) is 0 Å². The number of benzene rings is 1. The minimum absolute atomic E-state index is 0.439. The van der Waals surface area contributed by atoms with Crippen molar-refractivity contribution in [3.63, 3.8) is 0 Å². The van der Waals surface area contributed by atoms with Crippen LogP contribution in [0.1, 0.15) is 50.2 Å². The molecule has 0 aliphatic heterocycles. The minimum atomic E-state index is 0.439. The monoisotopic (exact) mass is 465 g/mol. The van der Waals surface area contributed by atoms with Gasteiger partial charge < -0.3 is 25.3 Å². The van der Waals surface area contributed by atoms with Gasteiger partial charge in [0, 0.05) is 18.2 Å². The van der Waals surface area contributed by atoms with Crippen LogP contribution in [0, 0.1) is 23.7 Å². The third-order valence-corrected chi connectivity index (χ3v) is 7.83. The van der Waals surface area contributed by atoms with Crippen LogP contribution in [0.4, 0.5) is 11.8 Å². The maximum atomic E-state index is 6.30. The maximum Gasteiger partial charge on any atom is 0.230 e. The number of aromatic nitrogens is 2. The molecule has 0 unspecified atom stereocenters. The van der Waals surface area contributed by atoms with Gasteiger partial charge in [0.2, 0.25) is 11.7 Å². The zero-order chi connectivity index (χ0) is 23.8. The number of hydrogen-bond donors (Lipinski definition) is 2. The molecule has 182 valence electrons. The Balaban J connectivity index is 1.28. The fourth-order valence-electron chi connectivity index (χ4n) is 6.60. The summed E-state index contributed by atoms with van der Waals surface area (Å²) in [7, 11) is 4.80. The van der Waals surface area contributed by atoms with Crippen molar-refractivity contribution in [3.05, 3.63) is 29.5 Å². The van der Waals surface area contributed by atoms with Gasteiger partial charge in [-0.3, -0.25) is 4.99 Å². The Morgan fingerprint density at radius 2 is 1.62 bits per heavy atom. The van der Waals surface area contributed by atoms with Crippen LogP contribution in [0.5, 0.6) is 17.2 Å². The van der Waals surface area contributed by atoms with Crippen molar-refractivity contribution in [2.45, 2.75) is 51.5 Å². The molecule has 0 radical (unpaired) electrons. The maximum absolute atomic E-state index is 6.30. The molecule has 0 spiro atoms. The lowest BCUT2D eigenvalue weighted by molar-refractivity contribution is 0.00126. The predicted molar refractivity (Wildman–Crippen MR) is 133 cm³/mol. The molecule has 4 aliphatic rings. The van der Waals surface area contributed by atoms with E-state index >= 15 is 0 Å². The molecule has 3 N–H and O–H groups in total. The molecule has 8 heteroatoms. The van der Waals surface area contributed by atoms with Gasteiger partial charge in [-0.1, -0.05) is 0 Å². The summed E-state index contributed by atoms with van der Waals surface area (Å²) < 4.78 is 16.3. The summed E-state index contributed by atoms with van der Waals surface area (Å²) in [5, 5.41) is 3.28. The van der Waals surface area contributed by atoms with Crippen molar-refractivity contribution in [3.8, 4) is 17.2 Å². The molecule has 0 amide bonds. The van der Waals surface area contributed by atoms with Gasteiger partial charge in [0.25, 0.3) is 0 Å². The molecule has 1 aromatic carbocycles. The van der Waals surface area contributed by atoms with E-state index < -0.39 is 0 Å². The summed E-state index contributed by atoms with van der Waals surface area (Å²) >= 11 is 0. The lowest BCUT2D eigenvalue weighted by Crippen LogP contribution is -2.47. The van der Waals surface area contributed by atoms with Crippen LogP contribution in [-0.2, 0) is 6.42 Å². The molecule has 34 heavy (non-hydrogen) atoms. The first-order valence-electron chi connectivity index (χ1n) is 12.2. The van der Waals surface area contributed by atoms with Gasteiger partial charge in [-0.2, -0.15) is 4.98 Å². The molecule has 8 nitrogen and oxygen atoms in total. The number of aliphatic imine (C=N–C) groups is 1. The lowest BCUT2D eigenvalue weighted by atomic mass is 9.54. The van der Waals surface area contributed by atoms with Gasteiger partial charge in [0.1, 0.15) is 11.7 Å². The second kappa shape index (κ2) is 9.31. The van der Waals surface area contributed by atoms with Crippen molar-refractivity contribution in [2.24, 2.45) is 28.7 Å². The zero-order valence-electron chi connectivity index (χ0n) is 20.5. The number of nitrogens with one attached hydrogen (secondary N) is 1. The van der Waals surface area contributed by atoms with E-state index in [0.717, 1.165) is 40.6 Å². The second-order valence-electron chi connectivity index (χ2n) is 10.1. The smallest absolute Gasteiger partial charge is 0.230 e. The quantitative estimate of drug-likeness (QED) is 0.463. The molecule has 1 heterocycles. The van der Waals surface area contributed by atoms with E-state index in [2.05, 4.69) is 15.3 Å². The number of hydrogen-bond acceptors (Lipinski definition) is 7. The first-order valence-corrected chi connectivity index (χ1v) is 12.2. The summed E-state index contributed by atoms with van der Waals surface area (Å²) in [5.41, 5.74) is 8.10. The molecular formula is C26H35N5O3. The molecule has 4 bridgehead atoms. The van der Waals surface area contributed by atoms with E-state index in [9.17, 15) is 0 Å². The van der Waals surface area contributed by atoms with Crippen molar-refractivity contribution < 1.29 is 14.2 Å². The summed E-state index contributed by atoms with van der Waals surface area (Å²) in [5.74, 6) is 6.95. The number of nitrogens with zero attached hydrogens (tertiary/aromatic N) is 3. The molecule has 1 aromatic heterocycles. The van der Waals surface area contributed by atoms with Gasteiger partial charge >= 0.3 is 0 Å². The molecule has 4 saturated carbocycles. The number of rotatable bonds is 7. The Labute approximate surface area is 201 Å². The number of methoxy groups -OCH3 is 3. The Kier molecular flexibility index (Phi) is 6.23. The van der Waals surface area contributed by atoms with Crippen LogP contribution < -0.4 is 25.3 Å². The van der Waals surface area contributed by atoms with Crippen LogP contribution in [-0.4, -0.2) is 43.2 Å². The largest absolute Gasteiger partial charge is 0.493 e. The molecule has 0 atom stereocenters. The highest BCUT2D eigenvalue weighted by Gasteiger charge is 2.48. The first kappa shape index (κ1) is 22.7. The summed E-state index contributed by atoms with van der Waals surface area (Å²) in [6.07, 6.45) is 9.19. The van der Waals surface area contributed by atoms with E-state index in [0.29, 0.717) is 41.5 Å². The highest BCUT2D eigenvalue weighted by Crippen LogP contribution is 2.54.